The molecule has 1 saturated heterocycles. The molecule has 1 aliphatic heterocycles. The lowest BCUT2D eigenvalue weighted by atomic mass is 9.73. The highest BCUT2D eigenvalue weighted by atomic mass is 17.1. The summed E-state index contributed by atoms with van der Waals surface area (Å²) in [4.78, 5) is 28.4. The number of fused-ring (bicyclic) bond motifs is 3. The van der Waals surface area contributed by atoms with Gasteiger partial charge in [-0.3, -0.25) is 14.8 Å². The van der Waals surface area contributed by atoms with Gasteiger partial charge < -0.3 is 14.6 Å². The van der Waals surface area contributed by atoms with Crippen LogP contribution in [0.15, 0.2) is 12.2 Å². The van der Waals surface area contributed by atoms with Gasteiger partial charge in [0.25, 0.3) is 0 Å². The molecule has 2 N–H and O–H groups in total. The summed E-state index contributed by atoms with van der Waals surface area (Å²) in [6.45, 7) is 6.39. The molecule has 0 unspecified atom stereocenters. The maximum Gasteiger partial charge on any atom is 0.309 e. The second kappa shape index (κ2) is 5.54. The van der Waals surface area contributed by atoms with Gasteiger partial charge in [-0.15, -0.1) is 0 Å². The normalized spacial score (nSPS) is 50.0. The maximum atomic E-state index is 12.2. The standard InChI is InChI=1S/C17H24O7/c1-8-12-11(22-9(2)18)7-16(3,20)10-5-6-17(4,24-21)13(10)14(12)23-15(8)19/h5-6,8,10-14,20-21H,7H2,1-4H3/t8-,10+,11-,12+,13-,14-,16+,17+/m0/s1. The van der Waals surface area contributed by atoms with E-state index in [2.05, 4.69) is 0 Å². The second-order valence-electron chi connectivity index (χ2n) is 7.66. The summed E-state index contributed by atoms with van der Waals surface area (Å²) in [6, 6.07) is 0. The van der Waals surface area contributed by atoms with E-state index in [1.807, 2.05) is 0 Å². The summed E-state index contributed by atoms with van der Waals surface area (Å²) in [5.74, 6) is -2.59. The summed E-state index contributed by atoms with van der Waals surface area (Å²) < 4.78 is 11.0. The van der Waals surface area contributed by atoms with Gasteiger partial charge in [-0.1, -0.05) is 19.1 Å². The van der Waals surface area contributed by atoms with Crippen LogP contribution >= 0.6 is 0 Å². The zero-order chi connectivity index (χ0) is 17.9. The molecule has 7 nitrogen and oxygen atoms in total. The third-order valence-electron chi connectivity index (χ3n) is 5.89. The summed E-state index contributed by atoms with van der Waals surface area (Å²) in [6.07, 6.45) is 2.39. The van der Waals surface area contributed by atoms with Crippen molar-refractivity contribution in [3.05, 3.63) is 12.2 Å². The van der Waals surface area contributed by atoms with Crippen LogP contribution in [0.1, 0.15) is 34.1 Å². The highest BCUT2D eigenvalue weighted by Crippen LogP contribution is 2.54. The van der Waals surface area contributed by atoms with Crippen molar-refractivity contribution in [1.29, 1.82) is 0 Å². The first-order valence-electron chi connectivity index (χ1n) is 8.23. The fourth-order valence-electron chi connectivity index (χ4n) is 4.72. The van der Waals surface area contributed by atoms with Crippen LogP contribution in [0, 0.1) is 23.7 Å². The summed E-state index contributed by atoms with van der Waals surface area (Å²) in [5.41, 5.74) is -2.29. The number of hydrogen-bond acceptors (Lipinski definition) is 7. The van der Waals surface area contributed by atoms with Crippen molar-refractivity contribution in [1.82, 2.24) is 0 Å². The Morgan fingerprint density at radius 2 is 2.08 bits per heavy atom. The highest BCUT2D eigenvalue weighted by molar-refractivity contribution is 5.75. The maximum absolute atomic E-state index is 12.2. The molecule has 1 saturated carbocycles. The quantitative estimate of drug-likeness (QED) is 0.338. The topological polar surface area (TPSA) is 102 Å². The Kier molecular flexibility index (Phi) is 4.01. The van der Waals surface area contributed by atoms with Crippen LogP contribution in [0.4, 0.5) is 0 Å². The van der Waals surface area contributed by atoms with Gasteiger partial charge in [-0.25, -0.2) is 4.89 Å². The van der Waals surface area contributed by atoms with E-state index >= 15 is 0 Å². The fourth-order valence-corrected chi connectivity index (χ4v) is 4.72. The number of aliphatic hydroxyl groups is 1. The Morgan fingerprint density at radius 1 is 1.42 bits per heavy atom. The molecule has 2 fully saturated rings. The van der Waals surface area contributed by atoms with Crippen molar-refractivity contribution in [2.24, 2.45) is 23.7 Å². The molecule has 0 amide bonds. The molecular formula is C17H24O7. The largest absolute Gasteiger partial charge is 0.462 e. The van der Waals surface area contributed by atoms with Crippen molar-refractivity contribution in [3.8, 4) is 0 Å². The molecule has 0 radical (unpaired) electrons. The Hall–Kier alpha value is -1.44. The second-order valence-corrected chi connectivity index (χ2v) is 7.66. The van der Waals surface area contributed by atoms with E-state index in [1.165, 1.54) is 6.92 Å². The minimum Gasteiger partial charge on any atom is -0.462 e. The molecule has 1 heterocycles. The third kappa shape index (κ3) is 2.46. The Bertz CT molecular complexity index is 583. The lowest BCUT2D eigenvalue weighted by molar-refractivity contribution is -0.324. The molecule has 0 spiro atoms. The number of carbonyl (C=O) groups excluding carboxylic acids is 2. The molecule has 0 aromatic heterocycles. The number of esters is 2. The first kappa shape index (κ1) is 17.4. The van der Waals surface area contributed by atoms with Gasteiger partial charge in [-0.05, 0) is 13.8 Å². The first-order chi connectivity index (χ1) is 11.1. The monoisotopic (exact) mass is 340 g/mol. The number of hydrogen-bond donors (Lipinski definition) is 2. The number of carbonyl (C=O) groups is 2. The summed E-state index contributed by atoms with van der Waals surface area (Å²) in [7, 11) is 0. The van der Waals surface area contributed by atoms with Crippen LogP contribution in [0.25, 0.3) is 0 Å². The predicted molar refractivity (Wildman–Crippen MR) is 81.6 cm³/mol. The van der Waals surface area contributed by atoms with E-state index in [4.69, 9.17) is 14.4 Å². The summed E-state index contributed by atoms with van der Waals surface area (Å²) in [5, 5.41) is 20.5. The molecule has 7 heteroatoms. The average molecular weight is 340 g/mol. The third-order valence-corrected chi connectivity index (χ3v) is 5.89. The van der Waals surface area contributed by atoms with Crippen molar-refractivity contribution >= 4 is 11.9 Å². The van der Waals surface area contributed by atoms with E-state index in [0.29, 0.717) is 0 Å². The van der Waals surface area contributed by atoms with Crippen LogP contribution in [0.2, 0.25) is 0 Å². The minimum absolute atomic E-state index is 0.182. The molecule has 0 aromatic rings. The molecule has 3 aliphatic rings. The first-order valence-corrected chi connectivity index (χ1v) is 8.23. The molecule has 3 rings (SSSR count). The zero-order valence-electron chi connectivity index (χ0n) is 14.3. The lowest BCUT2D eigenvalue weighted by Gasteiger charge is -2.38. The highest BCUT2D eigenvalue weighted by Gasteiger charge is 2.64. The SMILES string of the molecule is CC(=O)O[C@H]1C[C@@](C)(O)[C@@H]2C=C[C@@](C)(OO)[C@@H]2[C@H]2OC(=O)[C@@H](C)[C@@H]21. The fraction of sp³-hybridized carbons (Fsp3) is 0.765. The van der Waals surface area contributed by atoms with E-state index in [1.54, 1.807) is 32.9 Å². The van der Waals surface area contributed by atoms with Gasteiger partial charge in [0.05, 0.1) is 11.5 Å². The molecule has 0 aromatic carbocycles. The number of rotatable bonds is 2. The molecule has 24 heavy (non-hydrogen) atoms. The van der Waals surface area contributed by atoms with Crippen LogP contribution in [-0.2, 0) is 24.0 Å². The van der Waals surface area contributed by atoms with Gasteiger partial charge in [0.15, 0.2) is 0 Å². The zero-order valence-corrected chi connectivity index (χ0v) is 14.3. The van der Waals surface area contributed by atoms with Crippen LogP contribution in [0.3, 0.4) is 0 Å². The molecule has 2 aliphatic carbocycles. The van der Waals surface area contributed by atoms with Gasteiger partial charge in [-0.2, -0.15) is 0 Å². The van der Waals surface area contributed by atoms with Crippen LogP contribution in [0.5, 0.6) is 0 Å². The van der Waals surface area contributed by atoms with Crippen LogP contribution in [-0.4, -0.2) is 45.7 Å². The Labute approximate surface area is 140 Å². The van der Waals surface area contributed by atoms with Gasteiger partial charge in [0.1, 0.15) is 17.8 Å². The lowest BCUT2D eigenvalue weighted by Crippen LogP contribution is -2.48. The minimum atomic E-state index is -1.20. The molecule has 0 bridgehead atoms. The number of ether oxygens (including phenoxy) is 2. The van der Waals surface area contributed by atoms with E-state index in [9.17, 15) is 20.0 Å². The molecule has 134 valence electrons. The average Bonchev–Trinajstić information content (AvgIpc) is 2.94. The summed E-state index contributed by atoms with van der Waals surface area (Å²) >= 11 is 0. The predicted octanol–water partition coefficient (Wildman–Crippen LogP) is 1.30. The Morgan fingerprint density at radius 3 is 2.67 bits per heavy atom. The van der Waals surface area contributed by atoms with Gasteiger partial charge in [0, 0.05) is 31.1 Å². The van der Waals surface area contributed by atoms with Gasteiger partial charge >= 0.3 is 11.9 Å². The molecule has 8 atom stereocenters. The Balaban J connectivity index is 2.08. The van der Waals surface area contributed by atoms with E-state index < -0.39 is 53.1 Å². The van der Waals surface area contributed by atoms with Crippen molar-refractivity contribution in [3.63, 3.8) is 0 Å². The van der Waals surface area contributed by atoms with E-state index in [-0.39, 0.29) is 12.4 Å². The van der Waals surface area contributed by atoms with Crippen LogP contribution < -0.4 is 0 Å². The molecular weight excluding hydrogens is 316 g/mol. The van der Waals surface area contributed by atoms with Crippen molar-refractivity contribution in [2.45, 2.75) is 57.5 Å². The van der Waals surface area contributed by atoms with Crippen molar-refractivity contribution in [2.75, 3.05) is 0 Å². The van der Waals surface area contributed by atoms with E-state index in [0.717, 1.165) is 0 Å². The van der Waals surface area contributed by atoms with Crippen molar-refractivity contribution < 1.29 is 34.3 Å². The van der Waals surface area contributed by atoms with Gasteiger partial charge in [0.2, 0.25) is 0 Å². The smallest absolute Gasteiger partial charge is 0.309 e.